The number of anilines is 1. The van der Waals surface area contributed by atoms with Gasteiger partial charge in [0.15, 0.2) is 0 Å². The molecule has 4 atom stereocenters. The quantitative estimate of drug-likeness (QED) is 0.676. The lowest BCUT2D eigenvalue weighted by Crippen LogP contribution is -2.50. The molecule has 1 saturated carbocycles. The first-order valence-electron chi connectivity index (χ1n) is 11.5. The summed E-state index contributed by atoms with van der Waals surface area (Å²) < 4.78 is 12.2. The average Bonchev–Trinajstić information content (AvgIpc) is 3.19. The molecule has 1 aliphatic carbocycles. The van der Waals surface area contributed by atoms with Crippen LogP contribution in [0.25, 0.3) is 11.0 Å². The van der Waals surface area contributed by atoms with Gasteiger partial charge in [-0.1, -0.05) is 18.2 Å². The molecule has 31 heavy (non-hydrogen) atoms. The molecule has 0 amide bonds. The van der Waals surface area contributed by atoms with Crippen molar-refractivity contribution in [3.8, 4) is 5.75 Å². The lowest BCUT2D eigenvalue weighted by Gasteiger charge is -2.41. The summed E-state index contributed by atoms with van der Waals surface area (Å²) in [6.07, 6.45) is 6.77. The number of H-pyrrole nitrogens is 1. The summed E-state index contributed by atoms with van der Waals surface area (Å²) in [5, 5.41) is 4.91. The van der Waals surface area contributed by atoms with Crippen molar-refractivity contribution in [2.24, 2.45) is 0 Å². The molecule has 7 heteroatoms. The smallest absolute Gasteiger partial charge is 0.143 e. The molecular weight excluding hydrogens is 390 g/mol. The highest BCUT2D eigenvalue weighted by molar-refractivity contribution is 5.88. The zero-order valence-electron chi connectivity index (χ0n) is 17.5. The SMILES string of the molecule is c1ccc2c(c1)OCC(N1CCC3OCCC31)C2Nc1ncnc2[nH]c(C3CC3)cc12. The molecule has 2 N–H and O–H groups in total. The zero-order chi connectivity index (χ0) is 20.4. The van der Waals surface area contributed by atoms with Gasteiger partial charge in [-0.2, -0.15) is 0 Å². The van der Waals surface area contributed by atoms with Gasteiger partial charge in [-0.15, -0.1) is 0 Å². The van der Waals surface area contributed by atoms with Gasteiger partial charge < -0.3 is 19.8 Å². The minimum absolute atomic E-state index is 0.0988. The molecule has 2 aromatic heterocycles. The Balaban J connectivity index is 1.28. The fourth-order valence-corrected chi connectivity index (χ4v) is 5.79. The third-order valence-corrected chi connectivity index (χ3v) is 7.50. The van der Waals surface area contributed by atoms with Crippen LogP contribution < -0.4 is 10.1 Å². The van der Waals surface area contributed by atoms with E-state index < -0.39 is 0 Å². The van der Waals surface area contributed by atoms with E-state index in [4.69, 9.17) is 9.47 Å². The lowest BCUT2D eigenvalue weighted by molar-refractivity contribution is 0.0745. The standard InChI is InChI=1S/C24H27N5O2/c1-2-4-20-15(3-1)22(19(12-31-20)29-9-7-21-18(29)8-10-30-21)28-24-16-11-17(14-5-6-14)27-23(16)25-13-26-24/h1-4,11,13-14,18-19,21-22H,5-10,12H2,(H2,25,26,27,28). The molecule has 4 aliphatic rings. The van der Waals surface area contributed by atoms with Gasteiger partial charge >= 0.3 is 0 Å². The lowest BCUT2D eigenvalue weighted by atomic mass is 9.94. The Bertz CT molecular complexity index is 1130. The third kappa shape index (κ3) is 2.94. The van der Waals surface area contributed by atoms with Crippen LogP contribution >= 0.6 is 0 Å². The van der Waals surface area contributed by atoms with Crippen LogP contribution in [0.15, 0.2) is 36.7 Å². The van der Waals surface area contributed by atoms with Crippen LogP contribution in [0, 0.1) is 0 Å². The van der Waals surface area contributed by atoms with E-state index >= 15 is 0 Å². The van der Waals surface area contributed by atoms with Crippen LogP contribution in [-0.2, 0) is 4.74 Å². The normalized spacial score (nSPS) is 30.2. The Kier molecular flexibility index (Phi) is 4.02. The first-order valence-corrected chi connectivity index (χ1v) is 11.5. The number of benzene rings is 1. The Hall–Kier alpha value is -2.64. The summed E-state index contributed by atoms with van der Waals surface area (Å²) in [4.78, 5) is 15.3. The molecule has 7 nitrogen and oxygen atoms in total. The van der Waals surface area contributed by atoms with Crippen molar-refractivity contribution in [1.29, 1.82) is 0 Å². The summed E-state index contributed by atoms with van der Waals surface area (Å²) in [6.45, 7) is 2.60. The van der Waals surface area contributed by atoms with Gasteiger partial charge in [0.05, 0.1) is 23.6 Å². The highest BCUT2D eigenvalue weighted by Gasteiger charge is 2.46. The van der Waals surface area contributed by atoms with Crippen LogP contribution in [0.5, 0.6) is 5.75 Å². The number of fused-ring (bicyclic) bond motifs is 3. The number of hydrogen-bond donors (Lipinski definition) is 2. The van der Waals surface area contributed by atoms with Crippen LogP contribution in [0.1, 0.15) is 48.9 Å². The highest BCUT2D eigenvalue weighted by Crippen LogP contribution is 2.43. The van der Waals surface area contributed by atoms with E-state index in [-0.39, 0.29) is 12.1 Å². The maximum absolute atomic E-state index is 6.23. The summed E-state index contributed by atoms with van der Waals surface area (Å²) in [7, 11) is 0. The Morgan fingerprint density at radius 3 is 2.94 bits per heavy atom. The van der Waals surface area contributed by atoms with Crippen molar-refractivity contribution in [2.75, 3.05) is 25.1 Å². The van der Waals surface area contributed by atoms with Gasteiger partial charge in [-0.3, -0.25) is 4.90 Å². The predicted octanol–water partition coefficient (Wildman–Crippen LogP) is 3.61. The van der Waals surface area contributed by atoms with Gasteiger partial charge in [0.1, 0.15) is 30.1 Å². The molecule has 0 spiro atoms. The zero-order valence-corrected chi connectivity index (χ0v) is 17.5. The number of hydrogen-bond acceptors (Lipinski definition) is 6. The number of rotatable bonds is 4. The molecule has 160 valence electrons. The van der Waals surface area contributed by atoms with Crippen LogP contribution in [0.2, 0.25) is 0 Å². The molecule has 0 bridgehead atoms. The van der Waals surface area contributed by atoms with Crippen molar-refractivity contribution >= 4 is 16.9 Å². The minimum atomic E-state index is 0.0988. The monoisotopic (exact) mass is 417 g/mol. The number of nitrogens with one attached hydrogen (secondary N) is 2. The molecule has 2 saturated heterocycles. The number of aromatic nitrogens is 3. The molecule has 4 unspecified atom stereocenters. The van der Waals surface area contributed by atoms with Gasteiger partial charge in [0, 0.05) is 30.5 Å². The third-order valence-electron chi connectivity index (χ3n) is 7.50. The summed E-state index contributed by atoms with van der Waals surface area (Å²) in [5.74, 6) is 2.52. The van der Waals surface area contributed by atoms with E-state index in [9.17, 15) is 0 Å². The van der Waals surface area contributed by atoms with Crippen molar-refractivity contribution in [3.05, 3.63) is 47.9 Å². The van der Waals surface area contributed by atoms with Crippen molar-refractivity contribution < 1.29 is 9.47 Å². The fraction of sp³-hybridized carbons (Fsp3) is 0.500. The number of nitrogens with zero attached hydrogens (tertiary/aromatic N) is 3. The van der Waals surface area contributed by atoms with Gasteiger partial charge in [0.2, 0.25) is 0 Å². The molecule has 3 aliphatic heterocycles. The number of likely N-dealkylation sites (tertiary alicyclic amines) is 1. The van der Waals surface area contributed by atoms with E-state index in [0.717, 1.165) is 48.6 Å². The van der Waals surface area contributed by atoms with Crippen LogP contribution in [-0.4, -0.2) is 57.8 Å². The Labute approximate surface area is 181 Å². The minimum Gasteiger partial charge on any atom is -0.491 e. The van der Waals surface area contributed by atoms with E-state index in [2.05, 4.69) is 49.4 Å². The first kappa shape index (κ1) is 18.0. The van der Waals surface area contributed by atoms with E-state index in [1.165, 1.54) is 24.1 Å². The Morgan fingerprint density at radius 1 is 1.06 bits per heavy atom. The molecule has 1 aromatic carbocycles. The van der Waals surface area contributed by atoms with Crippen molar-refractivity contribution in [1.82, 2.24) is 19.9 Å². The summed E-state index contributed by atoms with van der Waals surface area (Å²) >= 11 is 0. The predicted molar refractivity (Wildman–Crippen MR) is 117 cm³/mol. The summed E-state index contributed by atoms with van der Waals surface area (Å²) in [5.41, 5.74) is 3.40. The van der Waals surface area contributed by atoms with Gasteiger partial charge in [-0.05, 0) is 43.7 Å². The number of aromatic amines is 1. The van der Waals surface area contributed by atoms with Crippen LogP contribution in [0.3, 0.4) is 0 Å². The second-order valence-corrected chi connectivity index (χ2v) is 9.31. The van der Waals surface area contributed by atoms with Crippen LogP contribution in [0.4, 0.5) is 5.82 Å². The first-order chi connectivity index (χ1) is 15.3. The molecular formula is C24H27N5O2. The van der Waals surface area contributed by atoms with E-state index in [1.54, 1.807) is 6.33 Å². The van der Waals surface area contributed by atoms with Crippen molar-refractivity contribution in [3.63, 3.8) is 0 Å². The number of para-hydroxylation sites is 1. The maximum Gasteiger partial charge on any atom is 0.143 e. The van der Waals surface area contributed by atoms with Gasteiger partial charge in [-0.25, -0.2) is 9.97 Å². The second-order valence-electron chi connectivity index (χ2n) is 9.31. The average molecular weight is 418 g/mol. The molecule has 5 heterocycles. The van der Waals surface area contributed by atoms with Crippen molar-refractivity contribution in [2.45, 2.75) is 55.8 Å². The fourth-order valence-electron chi connectivity index (χ4n) is 5.79. The molecule has 7 rings (SSSR count). The number of ether oxygens (including phenoxy) is 2. The van der Waals surface area contributed by atoms with E-state index in [0.29, 0.717) is 24.7 Å². The largest absolute Gasteiger partial charge is 0.491 e. The second kappa shape index (κ2) is 6.93. The molecule has 0 radical (unpaired) electrons. The van der Waals surface area contributed by atoms with E-state index in [1.807, 2.05) is 6.07 Å². The maximum atomic E-state index is 6.23. The molecule has 3 aromatic rings. The highest BCUT2D eigenvalue weighted by atomic mass is 16.5. The van der Waals surface area contributed by atoms with Gasteiger partial charge in [0.25, 0.3) is 0 Å². The topological polar surface area (TPSA) is 75.3 Å². The molecule has 3 fully saturated rings. The summed E-state index contributed by atoms with van der Waals surface area (Å²) in [6, 6.07) is 11.5. The Morgan fingerprint density at radius 2 is 2.00 bits per heavy atom.